The fourth-order valence-corrected chi connectivity index (χ4v) is 2.42. The Morgan fingerprint density at radius 2 is 1.96 bits per heavy atom. The molecule has 0 radical (unpaired) electrons. The third-order valence-electron chi connectivity index (χ3n) is 3.34. The molecule has 1 heterocycles. The van der Waals surface area contributed by atoms with Crippen LogP contribution in [0.3, 0.4) is 0 Å². The second-order valence-corrected chi connectivity index (χ2v) is 5.51. The molecular weight excluding hydrogens is 332 g/mol. The average Bonchev–Trinajstić information content (AvgIpc) is 2.53. The van der Waals surface area contributed by atoms with Crippen molar-refractivity contribution in [1.29, 1.82) is 0 Å². The van der Waals surface area contributed by atoms with Crippen LogP contribution < -0.4 is 15.1 Å². The quantitative estimate of drug-likeness (QED) is 0.410. The van der Waals surface area contributed by atoms with Crippen LogP contribution in [-0.2, 0) is 4.79 Å². The Morgan fingerprint density at radius 3 is 2.75 bits per heavy atom. The van der Waals surface area contributed by atoms with Crippen LogP contribution in [0.1, 0.15) is 5.56 Å². The van der Waals surface area contributed by atoms with Crippen molar-refractivity contribution in [3.63, 3.8) is 0 Å². The number of carbonyl (C=O) groups excluding carboxylic acids is 1. The first kappa shape index (κ1) is 16.1. The van der Waals surface area contributed by atoms with E-state index in [0.29, 0.717) is 16.4 Å². The third-order valence-corrected chi connectivity index (χ3v) is 3.65. The zero-order valence-electron chi connectivity index (χ0n) is 12.7. The molecule has 0 N–H and O–H groups in total. The lowest BCUT2D eigenvalue weighted by atomic mass is 10.1. The summed E-state index contributed by atoms with van der Waals surface area (Å²) in [5.41, 5.74) is 0.698. The third kappa shape index (κ3) is 3.58. The number of rotatable bonds is 4. The highest BCUT2D eigenvalue weighted by atomic mass is 35.5. The SMILES string of the molecule is Cc1cc(=O)oc2cc(OC(=O)COc3ccccc3Cl)ccc12. The van der Waals surface area contributed by atoms with Crippen molar-refractivity contribution in [3.05, 3.63) is 69.5 Å². The summed E-state index contributed by atoms with van der Waals surface area (Å²) in [5.74, 6) is 0.0736. The van der Waals surface area contributed by atoms with Gasteiger partial charge in [0.25, 0.3) is 0 Å². The Hall–Kier alpha value is -2.79. The van der Waals surface area contributed by atoms with E-state index in [2.05, 4.69) is 0 Å². The summed E-state index contributed by atoms with van der Waals surface area (Å²) >= 11 is 5.94. The van der Waals surface area contributed by atoms with Gasteiger partial charge in [0.15, 0.2) is 6.61 Å². The molecule has 2 aromatic carbocycles. The fourth-order valence-electron chi connectivity index (χ4n) is 2.23. The lowest BCUT2D eigenvalue weighted by Crippen LogP contribution is -2.17. The molecule has 5 nitrogen and oxygen atoms in total. The van der Waals surface area contributed by atoms with Gasteiger partial charge < -0.3 is 13.9 Å². The Bertz CT molecular complexity index is 961. The van der Waals surface area contributed by atoms with Gasteiger partial charge in [-0.05, 0) is 36.8 Å². The normalized spacial score (nSPS) is 10.6. The number of esters is 1. The van der Waals surface area contributed by atoms with E-state index in [1.165, 1.54) is 12.1 Å². The van der Waals surface area contributed by atoms with Crippen LogP contribution in [0.5, 0.6) is 11.5 Å². The summed E-state index contributed by atoms with van der Waals surface area (Å²) in [5, 5.41) is 1.19. The van der Waals surface area contributed by atoms with E-state index in [-0.39, 0.29) is 12.4 Å². The van der Waals surface area contributed by atoms with E-state index >= 15 is 0 Å². The Kier molecular flexibility index (Phi) is 4.53. The molecule has 0 aliphatic carbocycles. The molecule has 0 saturated carbocycles. The van der Waals surface area contributed by atoms with Gasteiger partial charge in [-0.15, -0.1) is 0 Å². The highest BCUT2D eigenvalue weighted by molar-refractivity contribution is 6.32. The molecule has 0 aliphatic heterocycles. The number of fused-ring (bicyclic) bond motifs is 1. The van der Waals surface area contributed by atoms with Crippen molar-refractivity contribution in [2.45, 2.75) is 6.92 Å². The van der Waals surface area contributed by atoms with Gasteiger partial charge in [0.05, 0.1) is 5.02 Å². The maximum atomic E-state index is 11.9. The number of hydrogen-bond donors (Lipinski definition) is 0. The van der Waals surface area contributed by atoms with Crippen molar-refractivity contribution >= 4 is 28.5 Å². The summed E-state index contributed by atoms with van der Waals surface area (Å²) in [4.78, 5) is 23.3. The van der Waals surface area contributed by atoms with Crippen molar-refractivity contribution in [1.82, 2.24) is 0 Å². The monoisotopic (exact) mass is 344 g/mol. The lowest BCUT2D eigenvalue weighted by Gasteiger charge is -2.08. The maximum absolute atomic E-state index is 11.9. The molecule has 0 unspecified atom stereocenters. The molecule has 0 spiro atoms. The highest BCUT2D eigenvalue weighted by Gasteiger charge is 2.10. The predicted molar refractivity (Wildman–Crippen MR) is 89.8 cm³/mol. The van der Waals surface area contributed by atoms with E-state index in [1.807, 2.05) is 6.92 Å². The number of benzene rings is 2. The highest BCUT2D eigenvalue weighted by Crippen LogP contribution is 2.24. The molecule has 0 saturated heterocycles. The van der Waals surface area contributed by atoms with Crippen LogP contribution in [0.25, 0.3) is 11.0 Å². The van der Waals surface area contributed by atoms with Crippen molar-refractivity contribution in [2.75, 3.05) is 6.61 Å². The molecule has 0 fully saturated rings. The van der Waals surface area contributed by atoms with E-state index in [1.54, 1.807) is 36.4 Å². The van der Waals surface area contributed by atoms with E-state index < -0.39 is 11.6 Å². The fraction of sp³-hybridized carbons (Fsp3) is 0.111. The number of ether oxygens (including phenoxy) is 2. The molecule has 1 aromatic heterocycles. The van der Waals surface area contributed by atoms with Gasteiger partial charge in [-0.25, -0.2) is 9.59 Å². The van der Waals surface area contributed by atoms with Gasteiger partial charge in [0, 0.05) is 17.5 Å². The molecule has 0 atom stereocenters. The smallest absolute Gasteiger partial charge is 0.349 e. The van der Waals surface area contributed by atoms with Crippen LogP contribution in [0.2, 0.25) is 5.02 Å². The average molecular weight is 345 g/mol. The van der Waals surface area contributed by atoms with Crippen LogP contribution in [0.15, 0.2) is 57.7 Å². The van der Waals surface area contributed by atoms with Gasteiger partial charge >= 0.3 is 11.6 Å². The topological polar surface area (TPSA) is 65.7 Å². The minimum atomic E-state index is -0.593. The van der Waals surface area contributed by atoms with Crippen LogP contribution in [0, 0.1) is 6.92 Å². The molecule has 0 bridgehead atoms. The van der Waals surface area contributed by atoms with E-state index in [4.69, 9.17) is 25.5 Å². The van der Waals surface area contributed by atoms with Gasteiger partial charge in [-0.3, -0.25) is 0 Å². The minimum Gasteiger partial charge on any atom is -0.480 e. The Labute approximate surface area is 142 Å². The molecule has 3 aromatic rings. The number of aryl methyl sites for hydroxylation is 1. The molecule has 0 amide bonds. The zero-order valence-corrected chi connectivity index (χ0v) is 13.5. The van der Waals surface area contributed by atoms with Gasteiger partial charge in [-0.1, -0.05) is 23.7 Å². The second kappa shape index (κ2) is 6.76. The first-order chi connectivity index (χ1) is 11.5. The summed E-state index contributed by atoms with van der Waals surface area (Å²) in [6.07, 6.45) is 0. The zero-order chi connectivity index (χ0) is 17.1. The van der Waals surface area contributed by atoms with Gasteiger partial charge in [0.2, 0.25) is 0 Å². The summed E-state index contributed by atoms with van der Waals surface area (Å²) in [6, 6.07) is 13.1. The molecule has 3 rings (SSSR count). The Balaban J connectivity index is 1.71. The lowest BCUT2D eigenvalue weighted by molar-refractivity contribution is -0.136. The van der Waals surface area contributed by atoms with Crippen LogP contribution in [-0.4, -0.2) is 12.6 Å². The minimum absolute atomic E-state index is 0.268. The van der Waals surface area contributed by atoms with Crippen molar-refractivity contribution < 1.29 is 18.7 Å². The van der Waals surface area contributed by atoms with Crippen LogP contribution in [0.4, 0.5) is 0 Å². The van der Waals surface area contributed by atoms with Crippen molar-refractivity contribution in [2.24, 2.45) is 0 Å². The summed E-state index contributed by atoms with van der Waals surface area (Å²) < 4.78 is 15.6. The molecular formula is C18H13ClO5. The molecule has 0 aliphatic rings. The van der Waals surface area contributed by atoms with Crippen LogP contribution >= 0.6 is 11.6 Å². The maximum Gasteiger partial charge on any atom is 0.349 e. The summed E-state index contributed by atoms with van der Waals surface area (Å²) in [6.45, 7) is 1.52. The molecule has 6 heteroatoms. The van der Waals surface area contributed by atoms with Crippen molar-refractivity contribution in [3.8, 4) is 11.5 Å². The largest absolute Gasteiger partial charge is 0.480 e. The second-order valence-electron chi connectivity index (χ2n) is 5.10. The van der Waals surface area contributed by atoms with E-state index in [9.17, 15) is 9.59 Å². The van der Waals surface area contributed by atoms with Gasteiger partial charge in [-0.2, -0.15) is 0 Å². The number of hydrogen-bond acceptors (Lipinski definition) is 5. The van der Waals surface area contributed by atoms with E-state index in [0.717, 1.165) is 10.9 Å². The standard InChI is InChI=1S/C18H13ClO5/c1-11-8-17(20)24-16-9-12(6-7-13(11)16)23-18(21)10-22-15-5-3-2-4-14(15)19/h2-9H,10H2,1H3. The van der Waals surface area contributed by atoms with Gasteiger partial charge in [0.1, 0.15) is 17.1 Å². The number of halogens is 1. The number of para-hydroxylation sites is 1. The first-order valence-corrected chi connectivity index (χ1v) is 7.53. The number of carbonyl (C=O) groups is 1. The summed E-state index contributed by atoms with van der Waals surface area (Å²) in [7, 11) is 0. The Morgan fingerprint density at radius 1 is 1.17 bits per heavy atom. The molecule has 24 heavy (non-hydrogen) atoms. The first-order valence-electron chi connectivity index (χ1n) is 7.15. The predicted octanol–water partition coefficient (Wildman–Crippen LogP) is 3.74. The molecule has 122 valence electrons.